The number of aliphatic hydroxyl groups excluding tert-OH is 2. The van der Waals surface area contributed by atoms with Gasteiger partial charge in [-0.25, -0.2) is 0 Å². The summed E-state index contributed by atoms with van der Waals surface area (Å²) >= 11 is 0. The van der Waals surface area contributed by atoms with Crippen molar-refractivity contribution in [2.45, 2.75) is 12.1 Å². The van der Waals surface area contributed by atoms with Crippen LogP contribution in [0.4, 0.5) is 0 Å². The van der Waals surface area contributed by atoms with Gasteiger partial charge in [-0.1, -0.05) is 0 Å². The van der Waals surface area contributed by atoms with E-state index in [1.165, 1.54) is 0 Å². The molecule has 60 valence electrons. The molecule has 0 bridgehead atoms. The lowest BCUT2D eigenvalue weighted by atomic mass is 10.1. The fourth-order valence-corrected chi connectivity index (χ4v) is 0.960. The first kappa shape index (κ1) is 7.94. The molecule has 0 radical (unpaired) electrons. The van der Waals surface area contributed by atoms with Crippen molar-refractivity contribution in [3.8, 4) is 0 Å². The molecule has 2 atom stereocenters. The summed E-state index contributed by atoms with van der Waals surface area (Å²) in [5, 5.41) is 20.7. The maximum atomic E-state index is 9.09. The third-order valence-corrected chi connectivity index (χ3v) is 1.60. The maximum absolute atomic E-state index is 9.09. The summed E-state index contributed by atoms with van der Waals surface area (Å²) in [5.41, 5.74) is 0. The van der Waals surface area contributed by atoms with Crippen molar-refractivity contribution in [2.75, 3.05) is 26.4 Å². The Morgan fingerprint density at radius 3 is 3.00 bits per heavy atom. The Kier molecular flexibility index (Phi) is 3.08. The van der Waals surface area contributed by atoms with Gasteiger partial charge in [-0.15, -0.1) is 0 Å². The van der Waals surface area contributed by atoms with Gasteiger partial charge >= 0.3 is 0 Å². The third kappa shape index (κ3) is 1.91. The molecule has 1 aliphatic rings. The van der Waals surface area contributed by atoms with Crippen molar-refractivity contribution in [2.24, 2.45) is 0 Å². The van der Waals surface area contributed by atoms with Crippen LogP contribution in [0.25, 0.3) is 0 Å². The van der Waals surface area contributed by atoms with Gasteiger partial charge in [-0.05, 0) is 0 Å². The van der Waals surface area contributed by atoms with Gasteiger partial charge in [-0.2, -0.15) is 0 Å². The predicted molar refractivity (Wildman–Crippen MR) is 35.7 cm³/mol. The molecule has 1 rings (SSSR count). The minimum Gasteiger partial charge on any atom is -0.394 e. The van der Waals surface area contributed by atoms with E-state index in [0.717, 1.165) is 6.54 Å². The highest BCUT2D eigenvalue weighted by Crippen LogP contribution is 1.97. The molecule has 0 amide bonds. The van der Waals surface area contributed by atoms with Gasteiger partial charge in [0.25, 0.3) is 0 Å². The van der Waals surface area contributed by atoms with E-state index in [-0.39, 0.29) is 12.6 Å². The molecule has 2 unspecified atom stereocenters. The number of nitrogens with one attached hydrogen (secondary N) is 1. The summed E-state index contributed by atoms with van der Waals surface area (Å²) in [7, 11) is 0. The summed E-state index contributed by atoms with van der Waals surface area (Å²) < 4.78 is 5.07. The summed E-state index contributed by atoms with van der Waals surface area (Å²) in [6.45, 7) is 1.72. The molecule has 4 nitrogen and oxygen atoms in total. The zero-order valence-electron chi connectivity index (χ0n) is 5.79. The lowest BCUT2D eigenvalue weighted by Crippen LogP contribution is -2.49. The Balaban J connectivity index is 2.24. The number of hydrogen-bond acceptors (Lipinski definition) is 4. The van der Waals surface area contributed by atoms with E-state index in [1.807, 2.05) is 0 Å². The molecular formula is C6H13NO3. The average Bonchev–Trinajstić information content (AvgIpc) is 2.05. The first-order valence-electron chi connectivity index (χ1n) is 3.44. The van der Waals surface area contributed by atoms with Crippen molar-refractivity contribution < 1.29 is 14.9 Å². The van der Waals surface area contributed by atoms with Crippen LogP contribution >= 0.6 is 0 Å². The second-order valence-corrected chi connectivity index (χ2v) is 2.39. The highest BCUT2D eigenvalue weighted by Gasteiger charge is 2.20. The van der Waals surface area contributed by atoms with Gasteiger partial charge in [0.1, 0.15) is 0 Å². The second-order valence-electron chi connectivity index (χ2n) is 2.39. The first-order chi connectivity index (χ1) is 4.84. The molecule has 0 aliphatic carbocycles. The van der Waals surface area contributed by atoms with Crippen LogP contribution in [0.5, 0.6) is 0 Å². The molecule has 4 heteroatoms. The molecule has 1 saturated heterocycles. The fourth-order valence-electron chi connectivity index (χ4n) is 0.960. The molecule has 0 aromatic heterocycles. The first-order valence-corrected chi connectivity index (χ1v) is 3.44. The zero-order chi connectivity index (χ0) is 7.40. The van der Waals surface area contributed by atoms with Gasteiger partial charge in [0.2, 0.25) is 0 Å². The van der Waals surface area contributed by atoms with E-state index < -0.39 is 6.10 Å². The topological polar surface area (TPSA) is 61.7 Å². The van der Waals surface area contributed by atoms with Crippen molar-refractivity contribution in [1.82, 2.24) is 5.32 Å². The molecule has 0 aromatic rings. The molecule has 3 N–H and O–H groups in total. The molecule has 1 heterocycles. The number of morpholine rings is 1. The number of hydrogen-bond donors (Lipinski definition) is 3. The summed E-state index contributed by atoms with van der Waals surface area (Å²) in [6, 6.07) is -0.0984. The second kappa shape index (κ2) is 3.88. The van der Waals surface area contributed by atoms with Crippen LogP contribution in [-0.2, 0) is 4.74 Å². The van der Waals surface area contributed by atoms with Gasteiger partial charge in [0.05, 0.1) is 32.0 Å². The SMILES string of the molecule is OCC(O)C1COCCN1. The van der Waals surface area contributed by atoms with E-state index in [0.29, 0.717) is 13.2 Å². The van der Waals surface area contributed by atoms with E-state index in [1.54, 1.807) is 0 Å². The van der Waals surface area contributed by atoms with Crippen LogP contribution in [0.3, 0.4) is 0 Å². The Bertz CT molecular complexity index is 93.0. The van der Waals surface area contributed by atoms with E-state index in [2.05, 4.69) is 5.32 Å². The summed E-state index contributed by atoms with van der Waals surface area (Å²) in [5.74, 6) is 0. The predicted octanol–water partition coefficient (Wildman–Crippen LogP) is -1.67. The highest BCUT2D eigenvalue weighted by molar-refractivity contribution is 4.77. The van der Waals surface area contributed by atoms with Crippen LogP contribution in [0.1, 0.15) is 0 Å². The van der Waals surface area contributed by atoms with Crippen LogP contribution in [0.15, 0.2) is 0 Å². The van der Waals surface area contributed by atoms with Crippen LogP contribution in [0, 0.1) is 0 Å². The van der Waals surface area contributed by atoms with Crippen molar-refractivity contribution >= 4 is 0 Å². The number of ether oxygens (including phenoxy) is 1. The smallest absolute Gasteiger partial charge is 0.0945 e. The lowest BCUT2D eigenvalue weighted by molar-refractivity contribution is -0.00435. The number of aliphatic hydroxyl groups is 2. The zero-order valence-corrected chi connectivity index (χ0v) is 5.79. The van der Waals surface area contributed by atoms with Crippen molar-refractivity contribution in [3.05, 3.63) is 0 Å². The molecule has 1 aliphatic heterocycles. The standard InChI is InChI=1S/C6H13NO3/c8-3-6(9)5-4-10-2-1-7-5/h5-9H,1-4H2. The highest BCUT2D eigenvalue weighted by atomic mass is 16.5. The molecule has 0 aromatic carbocycles. The Morgan fingerprint density at radius 1 is 1.70 bits per heavy atom. The Morgan fingerprint density at radius 2 is 2.50 bits per heavy atom. The van der Waals surface area contributed by atoms with Crippen molar-refractivity contribution in [3.63, 3.8) is 0 Å². The Labute approximate surface area is 59.8 Å². The van der Waals surface area contributed by atoms with Crippen molar-refractivity contribution in [1.29, 1.82) is 0 Å². The quantitative estimate of drug-likeness (QED) is 0.437. The minimum absolute atomic E-state index is 0.0984. The van der Waals surface area contributed by atoms with Crippen LogP contribution in [0.2, 0.25) is 0 Å². The molecule has 1 fully saturated rings. The molecule has 10 heavy (non-hydrogen) atoms. The summed E-state index contributed by atoms with van der Waals surface area (Å²) in [6.07, 6.45) is -0.694. The van der Waals surface area contributed by atoms with Gasteiger partial charge in [-0.3, -0.25) is 0 Å². The van der Waals surface area contributed by atoms with Gasteiger partial charge < -0.3 is 20.3 Å². The normalized spacial score (nSPS) is 30.0. The monoisotopic (exact) mass is 147 g/mol. The van der Waals surface area contributed by atoms with Gasteiger partial charge in [0.15, 0.2) is 0 Å². The van der Waals surface area contributed by atoms with E-state index in [4.69, 9.17) is 14.9 Å². The minimum atomic E-state index is -0.694. The molecule has 0 spiro atoms. The maximum Gasteiger partial charge on any atom is 0.0945 e. The lowest BCUT2D eigenvalue weighted by Gasteiger charge is -2.26. The number of rotatable bonds is 2. The van der Waals surface area contributed by atoms with Gasteiger partial charge in [0, 0.05) is 6.54 Å². The van der Waals surface area contributed by atoms with Crippen LogP contribution in [-0.4, -0.2) is 48.7 Å². The summed E-state index contributed by atoms with van der Waals surface area (Å²) in [4.78, 5) is 0. The largest absolute Gasteiger partial charge is 0.394 e. The van der Waals surface area contributed by atoms with E-state index in [9.17, 15) is 0 Å². The fraction of sp³-hybridized carbons (Fsp3) is 1.00. The van der Waals surface area contributed by atoms with Crippen LogP contribution < -0.4 is 5.32 Å². The Hall–Kier alpha value is -0.160. The molecular weight excluding hydrogens is 134 g/mol. The third-order valence-electron chi connectivity index (χ3n) is 1.60. The average molecular weight is 147 g/mol. The van der Waals surface area contributed by atoms with E-state index >= 15 is 0 Å². The molecule has 0 saturated carbocycles.